The van der Waals surface area contributed by atoms with Gasteiger partial charge in [-0.15, -0.1) is 11.8 Å². The number of ketones is 1. The summed E-state index contributed by atoms with van der Waals surface area (Å²) < 4.78 is 59.1. The highest BCUT2D eigenvalue weighted by atomic mass is 79.9. The topological polar surface area (TPSA) is 221 Å². The van der Waals surface area contributed by atoms with E-state index in [1.165, 1.54) is 43.3 Å². The molecule has 492 valence electrons. The van der Waals surface area contributed by atoms with Crippen molar-refractivity contribution in [3.05, 3.63) is 209 Å². The number of aromatic nitrogens is 2. The molecular formula is C74H84BrN3O12S3. The molecule has 0 aliphatic carbocycles. The molecule has 0 fully saturated rings. The maximum absolute atomic E-state index is 12.9. The second-order valence-electron chi connectivity index (χ2n) is 23.5. The van der Waals surface area contributed by atoms with E-state index in [0.717, 1.165) is 75.6 Å². The van der Waals surface area contributed by atoms with E-state index in [-0.39, 0.29) is 40.2 Å². The molecule has 93 heavy (non-hydrogen) atoms. The van der Waals surface area contributed by atoms with Crippen LogP contribution in [0.15, 0.2) is 213 Å². The number of unbranched alkanes of at least 4 members (excludes halogenated alkanes) is 1. The summed E-state index contributed by atoms with van der Waals surface area (Å²) in [5.74, 6) is 1.83. The number of furan rings is 1. The van der Waals surface area contributed by atoms with Gasteiger partial charge >= 0.3 is 17.9 Å². The first-order valence-electron chi connectivity index (χ1n) is 30.9. The van der Waals surface area contributed by atoms with Gasteiger partial charge in [0.05, 0.1) is 48.0 Å². The molecule has 0 saturated heterocycles. The summed E-state index contributed by atoms with van der Waals surface area (Å²) in [6, 6.07) is 48.2. The van der Waals surface area contributed by atoms with Crippen molar-refractivity contribution < 1.29 is 55.1 Å². The molecule has 3 aromatic heterocycles. The normalized spacial score (nSPS) is 11.6. The summed E-state index contributed by atoms with van der Waals surface area (Å²) in [6.45, 7) is 21.5. The number of halogens is 1. The van der Waals surface area contributed by atoms with E-state index in [9.17, 15) is 27.6 Å². The van der Waals surface area contributed by atoms with Gasteiger partial charge in [-0.05, 0) is 177 Å². The third kappa shape index (κ3) is 24.6. The molecule has 0 spiro atoms. The van der Waals surface area contributed by atoms with Gasteiger partial charge < -0.3 is 33.2 Å². The number of nitrogens with two attached hydrogens (primary N) is 1. The van der Waals surface area contributed by atoms with Crippen LogP contribution in [0.3, 0.4) is 0 Å². The molecule has 3 heterocycles. The van der Waals surface area contributed by atoms with Crippen LogP contribution in [0.1, 0.15) is 157 Å². The van der Waals surface area contributed by atoms with Crippen LogP contribution in [0.25, 0.3) is 33.4 Å². The van der Waals surface area contributed by atoms with Gasteiger partial charge in [0.1, 0.15) is 17.0 Å². The van der Waals surface area contributed by atoms with Crippen molar-refractivity contribution in [3.63, 3.8) is 0 Å². The lowest BCUT2D eigenvalue weighted by molar-refractivity contribution is -0.144. The van der Waals surface area contributed by atoms with Crippen LogP contribution in [-0.4, -0.2) is 65.6 Å². The average molecular weight is 1380 g/mol. The van der Waals surface area contributed by atoms with Gasteiger partial charge in [0.25, 0.3) is 0 Å². The fourth-order valence-corrected chi connectivity index (χ4v) is 12.2. The monoisotopic (exact) mass is 1380 g/mol. The Labute approximate surface area is 564 Å². The molecule has 9 rings (SSSR count). The lowest BCUT2D eigenvalue weighted by Gasteiger charge is -2.20. The minimum atomic E-state index is -3.89. The molecule has 1 unspecified atom stereocenters. The van der Waals surface area contributed by atoms with Crippen molar-refractivity contribution in [2.75, 3.05) is 12.4 Å². The Morgan fingerprint density at radius 1 is 0.602 bits per heavy atom. The standard InChI is InChI=1S/C28H38O4S.C22H23NO3S.C19H17NO4S.C5H6BrNO/c1-6-8-12-21(7-2)20-31-26(29)15-16-33-25-18-23(22-13-10-9-11-14-22)17-24(19-25)27(30)32-28(3,4)5;1-5-19-23-14-20(25-19)27-18-12-16(15-9-7-6-8-10-15)11-17(13-18)21(24)26-22(2,3)4;1-13(21)15-9-16(14-5-3-2-4-6-14)11-18(10-15)25(22,23)19-8-7-17(12-20)24-19;1-2-5-7-3-4(6)8-5/h9-11,13-14,17-19,21H,6-8,12,15-16,20H2,1-5H3;6-14H,5H2,1-4H3;2-11H,12,20H2,1H3;3H,2H2,1H3. The number of nitrogens with zero attached hydrogens (tertiary/aromatic N) is 2. The fourth-order valence-electron chi connectivity index (χ4n) is 8.83. The maximum atomic E-state index is 12.9. The Morgan fingerprint density at radius 3 is 1.56 bits per heavy atom. The summed E-state index contributed by atoms with van der Waals surface area (Å²) in [4.78, 5) is 59.5. The van der Waals surface area contributed by atoms with E-state index in [2.05, 4.69) is 45.8 Å². The molecule has 0 saturated carbocycles. The smallest absolute Gasteiger partial charge is 0.338 e. The predicted molar refractivity (Wildman–Crippen MR) is 371 cm³/mol. The third-order valence-electron chi connectivity index (χ3n) is 13.6. The van der Waals surface area contributed by atoms with Crippen molar-refractivity contribution in [3.8, 4) is 33.4 Å². The Kier molecular flexibility index (Phi) is 28.7. The van der Waals surface area contributed by atoms with Crippen LogP contribution < -0.4 is 5.73 Å². The molecular weight excluding hydrogens is 1300 g/mol. The minimum Gasteiger partial charge on any atom is -0.465 e. The second-order valence-corrected chi connectivity index (χ2v) is 28.4. The van der Waals surface area contributed by atoms with Gasteiger partial charge in [0.2, 0.25) is 14.9 Å². The predicted octanol–water partition coefficient (Wildman–Crippen LogP) is 19.0. The largest absolute Gasteiger partial charge is 0.465 e. The number of benzene rings is 6. The van der Waals surface area contributed by atoms with Gasteiger partial charge in [-0.25, -0.2) is 28.0 Å². The Balaban J connectivity index is 0.000000210. The molecule has 0 bridgehead atoms. The highest BCUT2D eigenvalue weighted by Gasteiger charge is 2.25. The zero-order chi connectivity index (χ0) is 67.7. The first kappa shape index (κ1) is 74.2. The SMILES string of the molecule is CC(=O)c1cc(-c2ccccc2)cc(S(=O)(=O)c2ccc(CN)o2)c1.CCCCC(CC)COC(=O)CCSc1cc(C(=O)OC(C)(C)C)cc(-c2ccccc2)c1.CCc1ncc(Br)o1.CCc1ncc(Sc2cc(C(=O)OC(C)(C)C)cc(-c3ccccc3)c2)o1. The number of carbonyl (C=O) groups excluding carboxylic acids is 4. The van der Waals surface area contributed by atoms with Crippen LogP contribution in [0.2, 0.25) is 0 Å². The number of hydrogen-bond donors (Lipinski definition) is 1. The van der Waals surface area contributed by atoms with E-state index >= 15 is 0 Å². The zero-order valence-electron chi connectivity index (χ0n) is 54.8. The molecule has 6 aromatic carbocycles. The van der Waals surface area contributed by atoms with Gasteiger partial charge in [0, 0.05) is 33.9 Å². The zero-order valence-corrected chi connectivity index (χ0v) is 58.8. The molecule has 0 aliphatic rings. The summed E-state index contributed by atoms with van der Waals surface area (Å²) in [5.41, 5.74) is 11.2. The molecule has 19 heteroatoms. The highest BCUT2D eigenvalue weighted by molar-refractivity contribution is 9.10. The number of thioether (sulfide) groups is 1. The molecule has 2 N–H and O–H groups in total. The van der Waals surface area contributed by atoms with Crippen molar-refractivity contribution in [2.24, 2.45) is 11.7 Å². The molecule has 9 aromatic rings. The van der Waals surface area contributed by atoms with Crippen molar-refractivity contribution in [1.82, 2.24) is 9.97 Å². The van der Waals surface area contributed by atoms with Crippen molar-refractivity contribution >= 4 is 73.0 Å². The van der Waals surface area contributed by atoms with Gasteiger partial charge in [-0.3, -0.25) is 9.59 Å². The van der Waals surface area contributed by atoms with Crippen molar-refractivity contribution in [2.45, 2.75) is 164 Å². The minimum absolute atomic E-state index is 0.0111. The van der Waals surface area contributed by atoms with E-state index in [1.807, 2.05) is 177 Å². The molecule has 0 aliphatic heterocycles. The van der Waals surface area contributed by atoms with E-state index in [4.69, 9.17) is 33.2 Å². The molecule has 0 amide bonds. The number of oxazole rings is 2. The lowest BCUT2D eigenvalue weighted by atomic mass is 10.0. The Morgan fingerprint density at radius 2 is 1.11 bits per heavy atom. The van der Waals surface area contributed by atoms with Crippen molar-refractivity contribution in [1.29, 1.82) is 0 Å². The maximum Gasteiger partial charge on any atom is 0.338 e. The number of carbonyl (C=O) groups is 4. The fraction of sp³-hybridized carbons (Fsp3) is 0.324. The summed E-state index contributed by atoms with van der Waals surface area (Å²) in [7, 11) is -3.89. The van der Waals surface area contributed by atoms with E-state index < -0.39 is 21.0 Å². The van der Waals surface area contributed by atoms with E-state index in [1.54, 1.807) is 36.3 Å². The first-order valence-corrected chi connectivity index (χ1v) is 35.0. The second kappa shape index (κ2) is 36.0. The molecule has 0 radical (unpaired) electrons. The first-order chi connectivity index (χ1) is 44.3. The average Bonchev–Trinajstić information content (AvgIpc) is 1.85. The van der Waals surface area contributed by atoms with Gasteiger partial charge in [0.15, 0.2) is 27.3 Å². The number of sulfone groups is 1. The van der Waals surface area contributed by atoms with Crippen LogP contribution in [-0.2, 0) is 48.2 Å². The van der Waals surface area contributed by atoms with Crippen LogP contribution in [0.5, 0.6) is 0 Å². The number of Topliss-reactive ketones (excluding diaryl/α,β-unsaturated/α-hetero) is 1. The molecule has 15 nitrogen and oxygen atoms in total. The summed E-state index contributed by atoms with van der Waals surface area (Å²) >= 11 is 6.14. The van der Waals surface area contributed by atoms with Crippen LogP contribution >= 0.6 is 39.5 Å². The third-order valence-corrected chi connectivity index (χ3v) is 17.4. The van der Waals surface area contributed by atoms with E-state index in [0.29, 0.717) is 68.4 Å². The number of hydrogen-bond acceptors (Lipinski definition) is 17. The quantitative estimate of drug-likeness (QED) is 0.0272. The van der Waals surface area contributed by atoms with Crippen LogP contribution in [0.4, 0.5) is 0 Å². The number of esters is 3. The number of aryl methyl sites for hydroxylation is 2. The van der Waals surface area contributed by atoms with Gasteiger partial charge in [-0.2, -0.15) is 0 Å². The number of ether oxygens (including phenoxy) is 3. The summed E-state index contributed by atoms with van der Waals surface area (Å²) in [5, 5.41) is 0.514. The van der Waals surface area contributed by atoms with Crippen LogP contribution in [0, 0.1) is 5.92 Å². The van der Waals surface area contributed by atoms with Gasteiger partial charge in [-0.1, -0.05) is 150 Å². The Bertz CT molecular complexity index is 3970. The Hall–Kier alpha value is -7.81. The lowest BCUT2D eigenvalue weighted by Crippen LogP contribution is -2.23. The number of rotatable bonds is 23. The highest BCUT2D eigenvalue weighted by Crippen LogP contribution is 2.35. The summed E-state index contributed by atoms with van der Waals surface area (Å²) in [6.07, 6.45) is 9.77. The molecule has 1 atom stereocenters.